The maximum atomic E-state index is 5.35. The van der Waals surface area contributed by atoms with Crippen LogP contribution in [0.2, 0.25) is 0 Å². The van der Waals surface area contributed by atoms with E-state index in [-0.39, 0.29) is 98.1 Å². The fraction of sp³-hybridized carbons (Fsp3) is 0.673. The number of hydrogen-bond donors (Lipinski definition) is 0. The Bertz CT molecular complexity index is 1300. The molecule has 12 rings (SSSR count). The number of epoxide rings is 3. The number of para-hydroxylation sites is 3. The van der Waals surface area contributed by atoms with Gasteiger partial charge in [-0.1, -0.05) is 68.2 Å². The van der Waals surface area contributed by atoms with Gasteiger partial charge in [0.2, 0.25) is 0 Å². The van der Waals surface area contributed by atoms with Gasteiger partial charge in [0.15, 0.2) is 0 Å². The number of hydrogen-bond acceptors (Lipinski definition) is 6. The molecule has 9 heteroatoms. The molecule has 0 spiro atoms. The minimum Gasteiger partial charge on any atom is -0.517 e. The molecule has 3 aliphatic heterocycles. The number of ether oxygens (including phenoxy) is 6. The third-order valence-electron chi connectivity index (χ3n) is 13.2. The zero-order chi connectivity index (χ0) is 43.7. The zero-order valence-corrected chi connectivity index (χ0v) is 49.7. The summed E-state index contributed by atoms with van der Waals surface area (Å²) in [4.78, 5) is 0. The summed E-state index contributed by atoms with van der Waals surface area (Å²) in [6.45, 7) is 20.5. The van der Waals surface area contributed by atoms with Crippen molar-refractivity contribution in [2.75, 3.05) is 39.6 Å². The maximum Gasteiger partial charge on any atom is 0.115 e. The monoisotopic (exact) mass is 1110 g/mol. The van der Waals surface area contributed by atoms with E-state index in [1.807, 2.05) is 128 Å². The normalized spacial score (nSPS) is 29.3. The van der Waals surface area contributed by atoms with Gasteiger partial charge >= 0.3 is 0 Å². The minimum absolute atomic E-state index is 0. The van der Waals surface area contributed by atoms with Crippen molar-refractivity contribution in [3.05, 3.63) is 91.0 Å². The molecular formula is C55H83O6Y3-3. The standard InChI is InChI=1S/2C10H16.3C9H9O2.4C2H6.3Y/c2*1-2-9-7-4-5-8(6-7)10(9)3-1;3*1-2-4-8(5-3-1)10-6-9-7-11-9;4*1-2;;;/h2*7-10H,1-6H2;3*1-4,9H,6-7H2;4*1-2H3;;;/q;;3*-1;;;;;;;. The van der Waals surface area contributed by atoms with E-state index in [1.165, 1.54) is 47.3 Å². The summed E-state index contributed by atoms with van der Waals surface area (Å²) < 4.78 is 31.0. The van der Waals surface area contributed by atoms with E-state index in [1.54, 1.807) is 77.0 Å². The fourth-order valence-electron chi connectivity index (χ4n) is 10.5. The Morgan fingerprint density at radius 3 is 0.859 bits per heavy atom. The second kappa shape index (κ2) is 37.1. The van der Waals surface area contributed by atoms with Crippen LogP contribution in [-0.4, -0.2) is 58.0 Å². The first kappa shape index (κ1) is 62.3. The maximum absolute atomic E-state index is 5.35. The second-order valence-corrected chi connectivity index (χ2v) is 16.7. The summed E-state index contributed by atoms with van der Waals surface area (Å²) in [5, 5.41) is 0. The van der Waals surface area contributed by atoms with Gasteiger partial charge in [0.1, 0.15) is 38.1 Å². The number of rotatable bonds is 9. The SMILES string of the molecule is C1CC2C3CCC(C3)C2C1.C1CC2C3CCC(C3)C2C1.CC.CC.CC.CC.[Y].[Y].[Y].[c-]1ccccc1OCC1CO1.[c-]1ccccc1OCC1CO1.[c-]1ccccc1OCC1CO1. The summed E-state index contributed by atoms with van der Waals surface area (Å²) >= 11 is 0. The first-order valence-corrected chi connectivity index (χ1v) is 24.9. The Hall–Kier alpha value is 0.252. The van der Waals surface area contributed by atoms with Crippen LogP contribution >= 0.6 is 0 Å². The molecule has 3 heterocycles. The predicted octanol–water partition coefficient (Wildman–Crippen LogP) is 13.6. The Morgan fingerprint density at radius 2 is 0.656 bits per heavy atom. The summed E-state index contributed by atoms with van der Waals surface area (Å²) in [5.41, 5.74) is 0. The van der Waals surface area contributed by atoms with Crippen LogP contribution in [0.4, 0.5) is 0 Å². The number of benzene rings is 3. The molecule has 6 saturated carbocycles. The van der Waals surface area contributed by atoms with E-state index >= 15 is 0 Å². The van der Waals surface area contributed by atoms with Crippen molar-refractivity contribution in [3.63, 3.8) is 0 Å². The van der Waals surface area contributed by atoms with Crippen LogP contribution in [0.3, 0.4) is 0 Å². The van der Waals surface area contributed by atoms with E-state index < -0.39 is 0 Å². The van der Waals surface area contributed by atoms with Crippen molar-refractivity contribution < 1.29 is 127 Å². The van der Waals surface area contributed by atoms with E-state index in [4.69, 9.17) is 28.4 Å². The molecule has 3 aromatic carbocycles. The third kappa shape index (κ3) is 22.3. The van der Waals surface area contributed by atoms with Crippen molar-refractivity contribution in [1.82, 2.24) is 0 Å². The summed E-state index contributed by atoms with van der Waals surface area (Å²) in [6.07, 6.45) is 20.0. The second-order valence-electron chi connectivity index (χ2n) is 16.7. The van der Waals surface area contributed by atoms with Crippen LogP contribution in [0.1, 0.15) is 132 Å². The molecule has 6 aliphatic carbocycles. The van der Waals surface area contributed by atoms with Gasteiger partial charge in [-0.05, 0) is 112 Å². The number of fused-ring (bicyclic) bond motifs is 10. The molecule has 9 fully saturated rings. The Labute approximate surface area is 467 Å². The molecule has 0 amide bonds. The molecule has 4 bridgehead atoms. The summed E-state index contributed by atoms with van der Waals surface area (Å²) in [5.74, 6) is 12.0. The smallest absolute Gasteiger partial charge is 0.115 e. The van der Waals surface area contributed by atoms with E-state index in [0.29, 0.717) is 38.1 Å². The van der Waals surface area contributed by atoms with Crippen molar-refractivity contribution >= 4 is 0 Å². The van der Waals surface area contributed by atoms with Gasteiger partial charge in [-0.25, -0.2) is 0 Å². The van der Waals surface area contributed by atoms with Crippen molar-refractivity contribution in [1.29, 1.82) is 0 Å². The largest absolute Gasteiger partial charge is 0.517 e. The third-order valence-corrected chi connectivity index (χ3v) is 13.2. The first-order valence-electron chi connectivity index (χ1n) is 24.9. The van der Waals surface area contributed by atoms with Gasteiger partial charge in [-0.15, -0.1) is 36.4 Å². The van der Waals surface area contributed by atoms with E-state index in [2.05, 4.69) is 18.2 Å². The fourth-order valence-corrected chi connectivity index (χ4v) is 10.5. The average molecular weight is 1110 g/mol. The molecule has 3 radical (unpaired) electrons. The van der Waals surface area contributed by atoms with E-state index in [9.17, 15) is 0 Å². The Kier molecular flexibility index (Phi) is 36.1. The minimum atomic E-state index is 0. The van der Waals surface area contributed by atoms with Gasteiger partial charge in [-0.3, -0.25) is 0 Å². The molecule has 0 N–H and O–H groups in total. The first-order chi connectivity index (χ1) is 30.2. The van der Waals surface area contributed by atoms with Crippen LogP contribution in [0.15, 0.2) is 72.8 Å². The van der Waals surface area contributed by atoms with Crippen molar-refractivity contribution in [3.8, 4) is 17.2 Å². The van der Waals surface area contributed by atoms with Crippen molar-refractivity contribution in [2.45, 2.75) is 151 Å². The van der Waals surface area contributed by atoms with Crippen molar-refractivity contribution in [2.24, 2.45) is 47.3 Å². The van der Waals surface area contributed by atoms with Gasteiger partial charge in [0.05, 0.1) is 19.8 Å². The van der Waals surface area contributed by atoms with Crippen LogP contribution in [0.25, 0.3) is 0 Å². The molecule has 6 nitrogen and oxygen atoms in total. The van der Waals surface area contributed by atoms with E-state index in [0.717, 1.165) is 37.1 Å². The van der Waals surface area contributed by atoms with Gasteiger partial charge in [0, 0.05) is 115 Å². The molecule has 0 aromatic heterocycles. The van der Waals surface area contributed by atoms with Crippen LogP contribution < -0.4 is 14.2 Å². The van der Waals surface area contributed by atoms with Crippen LogP contribution in [0, 0.1) is 65.5 Å². The molecule has 351 valence electrons. The molecule has 3 saturated heterocycles. The van der Waals surface area contributed by atoms with Gasteiger partial charge in [0.25, 0.3) is 0 Å². The summed E-state index contributed by atoms with van der Waals surface area (Å²) in [6, 6.07) is 31.6. The van der Waals surface area contributed by atoms with Crippen LogP contribution in [-0.2, 0) is 112 Å². The molecular weight excluding hydrogens is 1020 g/mol. The molecule has 3 aromatic rings. The predicted molar refractivity (Wildman–Crippen MR) is 250 cm³/mol. The Morgan fingerprint density at radius 1 is 0.406 bits per heavy atom. The Balaban J connectivity index is 0.000000380. The van der Waals surface area contributed by atoms with Crippen LogP contribution in [0.5, 0.6) is 17.2 Å². The molecule has 64 heavy (non-hydrogen) atoms. The van der Waals surface area contributed by atoms with Gasteiger partial charge < -0.3 is 28.4 Å². The quantitative estimate of drug-likeness (QED) is 0.157. The summed E-state index contributed by atoms with van der Waals surface area (Å²) in [7, 11) is 0. The molecule has 9 aliphatic rings. The van der Waals surface area contributed by atoms with Gasteiger partial charge in [-0.2, -0.15) is 54.6 Å². The zero-order valence-electron chi connectivity index (χ0n) is 41.2. The topological polar surface area (TPSA) is 65.3 Å². The molecule has 11 atom stereocenters. The average Bonchev–Trinajstić information content (AvgIpc) is 4.25. The molecule has 11 unspecified atom stereocenters.